The summed E-state index contributed by atoms with van der Waals surface area (Å²) in [6.07, 6.45) is 2.46. The molecule has 0 aromatic heterocycles. The second-order valence-electron chi connectivity index (χ2n) is 2.15. The standard InChI is InChI=1S/C7H10FNO2/c8-3-4-9-7(10)6-2-1-5-11-6/h2H,1,3-5H2,(H,9,10). The quantitative estimate of drug-likeness (QED) is 0.646. The number of carbonyl (C=O) groups is 1. The first-order chi connectivity index (χ1) is 5.34. The molecule has 3 nitrogen and oxygen atoms in total. The van der Waals surface area contributed by atoms with Gasteiger partial charge in [-0.2, -0.15) is 0 Å². The van der Waals surface area contributed by atoms with Crippen molar-refractivity contribution in [2.45, 2.75) is 6.42 Å². The summed E-state index contributed by atoms with van der Waals surface area (Å²) in [5.74, 6) is -0.00130. The van der Waals surface area contributed by atoms with Crippen LogP contribution in [0.25, 0.3) is 0 Å². The number of ether oxygens (including phenoxy) is 1. The topological polar surface area (TPSA) is 38.3 Å². The van der Waals surface area contributed by atoms with Crippen molar-refractivity contribution in [3.8, 4) is 0 Å². The third-order valence-corrected chi connectivity index (χ3v) is 1.31. The van der Waals surface area contributed by atoms with Gasteiger partial charge in [-0.25, -0.2) is 4.39 Å². The zero-order chi connectivity index (χ0) is 8.10. The summed E-state index contributed by atoms with van der Waals surface area (Å²) in [4.78, 5) is 10.9. The van der Waals surface area contributed by atoms with Gasteiger partial charge in [-0.15, -0.1) is 0 Å². The Bertz CT molecular complexity index is 179. The first-order valence-electron chi connectivity index (χ1n) is 3.51. The van der Waals surface area contributed by atoms with Crippen molar-refractivity contribution in [2.24, 2.45) is 0 Å². The zero-order valence-corrected chi connectivity index (χ0v) is 6.10. The number of alkyl halides is 1. The minimum Gasteiger partial charge on any atom is -0.488 e. The van der Waals surface area contributed by atoms with Crippen LogP contribution < -0.4 is 5.32 Å². The van der Waals surface area contributed by atoms with Gasteiger partial charge in [0, 0.05) is 13.0 Å². The molecular formula is C7H10FNO2. The molecule has 4 heteroatoms. The van der Waals surface area contributed by atoms with Crippen LogP contribution >= 0.6 is 0 Å². The SMILES string of the molecule is O=C(NCCF)C1=CCCO1. The highest BCUT2D eigenvalue weighted by atomic mass is 19.1. The van der Waals surface area contributed by atoms with E-state index in [2.05, 4.69) is 5.32 Å². The summed E-state index contributed by atoms with van der Waals surface area (Å²) in [5, 5.41) is 2.37. The monoisotopic (exact) mass is 159 g/mol. The van der Waals surface area contributed by atoms with Gasteiger partial charge in [0.1, 0.15) is 6.67 Å². The Hall–Kier alpha value is -1.06. The average molecular weight is 159 g/mol. The lowest BCUT2D eigenvalue weighted by molar-refractivity contribution is -0.120. The van der Waals surface area contributed by atoms with E-state index in [4.69, 9.17) is 4.74 Å². The summed E-state index contributed by atoms with van der Waals surface area (Å²) in [6, 6.07) is 0. The predicted octanol–water partition coefficient (Wildman–Crippen LogP) is 0.376. The number of carbonyl (C=O) groups excluding carboxylic acids is 1. The van der Waals surface area contributed by atoms with E-state index in [1.807, 2.05) is 0 Å². The molecule has 1 aliphatic heterocycles. The van der Waals surface area contributed by atoms with Gasteiger partial charge in [-0.1, -0.05) is 0 Å². The maximum Gasteiger partial charge on any atom is 0.286 e. The Kier molecular flexibility index (Phi) is 2.89. The molecule has 1 heterocycles. The van der Waals surface area contributed by atoms with E-state index in [-0.39, 0.29) is 12.5 Å². The third-order valence-electron chi connectivity index (χ3n) is 1.31. The van der Waals surface area contributed by atoms with Crippen LogP contribution in [0.5, 0.6) is 0 Å². The minimum absolute atomic E-state index is 0.0551. The smallest absolute Gasteiger partial charge is 0.286 e. The molecule has 62 valence electrons. The van der Waals surface area contributed by atoms with E-state index in [0.717, 1.165) is 6.42 Å². The van der Waals surface area contributed by atoms with Crippen LogP contribution in [0.4, 0.5) is 4.39 Å². The molecule has 0 aliphatic carbocycles. The van der Waals surface area contributed by atoms with Gasteiger partial charge in [-0.05, 0) is 6.08 Å². The Balaban J connectivity index is 2.29. The molecule has 1 N–H and O–H groups in total. The van der Waals surface area contributed by atoms with Crippen molar-refractivity contribution >= 4 is 5.91 Å². The number of halogens is 1. The summed E-state index contributed by atoms with van der Waals surface area (Å²) >= 11 is 0. The maximum atomic E-state index is 11.6. The largest absolute Gasteiger partial charge is 0.488 e. The molecule has 0 saturated heterocycles. The van der Waals surface area contributed by atoms with Gasteiger partial charge in [-0.3, -0.25) is 4.79 Å². The molecule has 11 heavy (non-hydrogen) atoms. The first-order valence-corrected chi connectivity index (χ1v) is 3.51. The Morgan fingerprint density at radius 2 is 2.64 bits per heavy atom. The van der Waals surface area contributed by atoms with Gasteiger partial charge in [0.15, 0.2) is 5.76 Å². The molecule has 0 fully saturated rings. The summed E-state index contributed by atoms with van der Waals surface area (Å²) in [5.41, 5.74) is 0. The summed E-state index contributed by atoms with van der Waals surface area (Å²) in [7, 11) is 0. The maximum absolute atomic E-state index is 11.6. The van der Waals surface area contributed by atoms with Crippen LogP contribution in [0.1, 0.15) is 6.42 Å². The molecule has 0 aromatic rings. The van der Waals surface area contributed by atoms with Gasteiger partial charge < -0.3 is 10.1 Å². The highest BCUT2D eigenvalue weighted by Crippen LogP contribution is 2.07. The van der Waals surface area contributed by atoms with E-state index >= 15 is 0 Å². The molecule has 0 radical (unpaired) electrons. The van der Waals surface area contributed by atoms with Crippen molar-refractivity contribution in [3.05, 3.63) is 11.8 Å². The molecule has 0 aromatic carbocycles. The average Bonchev–Trinajstić information content (AvgIpc) is 2.52. The van der Waals surface area contributed by atoms with E-state index in [0.29, 0.717) is 12.4 Å². The van der Waals surface area contributed by atoms with Gasteiger partial charge in [0.2, 0.25) is 0 Å². The number of hydrogen-bond donors (Lipinski definition) is 1. The van der Waals surface area contributed by atoms with E-state index < -0.39 is 6.67 Å². The van der Waals surface area contributed by atoms with E-state index in [1.165, 1.54) is 0 Å². The number of nitrogens with one attached hydrogen (secondary N) is 1. The van der Waals surface area contributed by atoms with Crippen molar-refractivity contribution in [2.75, 3.05) is 19.8 Å². The van der Waals surface area contributed by atoms with E-state index in [1.54, 1.807) is 6.08 Å². The number of hydrogen-bond acceptors (Lipinski definition) is 2. The molecule has 0 saturated carbocycles. The fourth-order valence-corrected chi connectivity index (χ4v) is 0.824. The second-order valence-corrected chi connectivity index (χ2v) is 2.15. The van der Waals surface area contributed by atoms with Crippen LogP contribution in [0.2, 0.25) is 0 Å². The number of rotatable bonds is 3. The summed E-state index contributed by atoms with van der Waals surface area (Å²) in [6.45, 7) is 0.0664. The van der Waals surface area contributed by atoms with Crippen molar-refractivity contribution < 1.29 is 13.9 Å². The molecule has 0 unspecified atom stereocenters. The van der Waals surface area contributed by atoms with Gasteiger partial charge in [0.05, 0.1) is 6.61 Å². The van der Waals surface area contributed by atoms with Crippen molar-refractivity contribution in [1.82, 2.24) is 5.32 Å². The van der Waals surface area contributed by atoms with Crippen molar-refractivity contribution in [1.29, 1.82) is 0 Å². The van der Waals surface area contributed by atoms with Gasteiger partial charge in [0.25, 0.3) is 5.91 Å². The molecular weight excluding hydrogens is 149 g/mol. The molecule has 1 amide bonds. The fraction of sp³-hybridized carbons (Fsp3) is 0.571. The van der Waals surface area contributed by atoms with Crippen molar-refractivity contribution in [3.63, 3.8) is 0 Å². The zero-order valence-electron chi connectivity index (χ0n) is 6.10. The molecule has 0 bridgehead atoms. The van der Waals surface area contributed by atoms with Crippen LogP contribution in [0.15, 0.2) is 11.8 Å². The predicted molar refractivity (Wildman–Crippen MR) is 37.6 cm³/mol. The Morgan fingerprint density at radius 3 is 3.18 bits per heavy atom. The minimum atomic E-state index is -0.543. The molecule has 0 atom stereocenters. The third kappa shape index (κ3) is 2.22. The summed E-state index contributed by atoms with van der Waals surface area (Å²) < 4.78 is 16.5. The number of amides is 1. The lowest BCUT2D eigenvalue weighted by Gasteiger charge is -2.02. The second kappa shape index (κ2) is 3.95. The highest BCUT2D eigenvalue weighted by molar-refractivity contribution is 5.91. The molecule has 0 spiro atoms. The van der Waals surface area contributed by atoms with Crippen LogP contribution in [0.3, 0.4) is 0 Å². The highest BCUT2D eigenvalue weighted by Gasteiger charge is 2.13. The van der Waals surface area contributed by atoms with Gasteiger partial charge >= 0.3 is 0 Å². The van der Waals surface area contributed by atoms with Crippen LogP contribution in [0, 0.1) is 0 Å². The Labute approximate surface area is 64.2 Å². The normalized spacial score (nSPS) is 15.5. The fourth-order valence-electron chi connectivity index (χ4n) is 0.824. The van der Waals surface area contributed by atoms with E-state index in [9.17, 15) is 9.18 Å². The van der Waals surface area contributed by atoms with Crippen LogP contribution in [-0.4, -0.2) is 25.7 Å². The molecule has 1 aliphatic rings. The first kappa shape index (κ1) is 8.04. The lowest BCUT2D eigenvalue weighted by Crippen LogP contribution is -2.27. The Morgan fingerprint density at radius 1 is 1.82 bits per heavy atom. The lowest BCUT2D eigenvalue weighted by atomic mass is 10.4. The molecule has 1 rings (SSSR count). The van der Waals surface area contributed by atoms with Crippen LogP contribution in [-0.2, 0) is 9.53 Å².